The summed E-state index contributed by atoms with van der Waals surface area (Å²) in [5.74, 6) is 1.01. The molecule has 0 aliphatic rings. The Kier molecular flexibility index (Phi) is 77.9. The third-order valence-electron chi connectivity index (χ3n) is 11.2. The van der Waals surface area contributed by atoms with Crippen molar-refractivity contribution in [1.29, 1.82) is 0 Å². The van der Waals surface area contributed by atoms with Gasteiger partial charge >= 0.3 is 0 Å². The monoisotopic (exact) mass is 857 g/mol. The van der Waals surface area contributed by atoms with Crippen LogP contribution >= 0.6 is 0 Å². The highest BCUT2D eigenvalue weighted by Gasteiger charge is 2.10. The van der Waals surface area contributed by atoms with Crippen LogP contribution in [0.25, 0.3) is 0 Å². The zero-order valence-corrected chi connectivity index (χ0v) is 41.5. The lowest BCUT2D eigenvalue weighted by Gasteiger charge is -2.23. The lowest BCUT2D eigenvalue weighted by Crippen LogP contribution is -2.73. The lowest BCUT2D eigenvalue weighted by atomic mass is 9.89. The number of nitrogens with zero attached hydrogens (tertiary/aromatic N) is 3. The Morgan fingerprint density at radius 3 is 1.07 bits per heavy atom. The number of hydrogen-bond donors (Lipinski definition) is 5. The van der Waals surface area contributed by atoms with Crippen molar-refractivity contribution in [1.82, 2.24) is 15.1 Å². The fourth-order valence-electron chi connectivity index (χ4n) is 7.75. The SMILES string of the molecule is C#C.C=N[NH2+]O.CCCCCCCCCCCCCCCCN(CCCCCCCC(CCCCCCCC)CCCCCCCC)CCCNCN(C)C.CO.O=CO. The van der Waals surface area contributed by atoms with Crippen molar-refractivity contribution in [3.63, 3.8) is 0 Å². The Morgan fingerprint density at radius 1 is 0.550 bits per heavy atom. The number of hydrogen-bond acceptors (Lipinski definition) is 7. The molecule has 0 rings (SSSR count). The van der Waals surface area contributed by atoms with E-state index in [2.05, 4.69) is 74.6 Å². The van der Waals surface area contributed by atoms with Gasteiger partial charge in [-0.3, -0.25) is 9.69 Å². The molecule has 0 radical (unpaired) electrons. The van der Waals surface area contributed by atoms with Crippen LogP contribution in [0.1, 0.15) is 245 Å². The molecule has 0 saturated heterocycles. The lowest BCUT2D eigenvalue weighted by molar-refractivity contribution is -0.892. The number of carbonyl (C=O) groups is 1. The number of quaternary nitrogens is 1. The maximum Gasteiger partial charge on any atom is 0.290 e. The van der Waals surface area contributed by atoms with E-state index in [4.69, 9.17) is 20.2 Å². The molecule has 0 saturated carbocycles. The van der Waals surface area contributed by atoms with Gasteiger partial charge < -0.3 is 20.4 Å². The van der Waals surface area contributed by atoms with Crippen LogP contribution in [0.5, 0.6) is 0 Å². The summed E-state index contributed by atoms with van der Waals surface area (Å²) < 4.78 is 0. The van der Waals surface area contributed by atoms with Gasteiger partial charge in [-0.2, -0.15) is 5.21 Å². The summed E-state index contributed by atoms with van der Waals surface area (Å²) >= 11 is 0. The summed E-state index contributed by atoms with van der Waals surface area (Å²) in [6.45, 7) is 15.7. The molecule has 0 aromatic heterocycles. The Morgan fingerprint density at radius 2 is 0.800 bits per heavy atom. The predicted octanol–water partition coefficient (Wildman–Crippen LogP) is 12.8. The molecule has 0 amide bonds. The fourth-order valence-corrected chi connectivity index (χ4v) is 7.75. The maximum absolute atomic E-state index is 8.36. The van der Waals surface area contributed by atoms with E-state index >= 15 is 0 Å². The van der Waals surface area contributed by atoms with E-state index in [1.807, 2.05) is 0 Å². The molecule has 9 heteroatoms. The molecule has 0 atom stereocenters. The average Bonchev–Trinajstić information content (AvgIpc) is 3.26. The second-order valence-corrected chi connectivity index (χ2v) is 17.0. The van der Waals surface area contributed by atoms with Gasteiger partial charge in [0, 0.05) is 20.5 Å². The standard InChI is InChI=1S/C46H97N3.C2H2.CH4N2O.CH2O2.CH4O/c1-6-9-12-15-18-19-20-21-22-23-24-25-30-35-42-49(44-37-41-47-45-48(4)5)43-36-31-26-29-34-40-46(38-32-27-16-13-10-7-2)39-33-28-17-14-11-8-3;1-2;1-2-3-4;2-1-3;1-2/h46-47H,6-45H2,1-5H3;1-2H;3-4H,1H2;1H,(H,2,3);2H,1H3/p+1. The zero-order chi connectivity index (χ0) is 45.8. The van der Waals surface area contributed by atoms with E-state index in [-0.39, 0.29) is 6.47 Å². The number of terminal acetylenes is 1. The average molecular weight is 857 g/mol. The maximum atomic E-state index is 8.36. The normalized spacial score (nSPS) is 10.6. The minimum absolute atomic E-state index is 0.250. The summed E-state index contributed by atoms with van der Waals surface area (Å²) in [5.41, 5.74) is 0.639. The van der Waals surface area contributed by atoms with Crippen LogP contribution in [0, 0.1) is 18.8 Å². The summed E-state index contributed by atoms with van der Waals surface area (Å²) in [7, 11) is 5.31. The third-order valence-corrected chi connectivity index (χ3v) is 11.2. The first-order valence-corrected chi connectivity index (χ1v) is 25.3. The largest absolute Gasteiger partial charge is 0.483 e. The van der Waals surface area contributed by atoms with Crippen molar-refractivity contribution in [2.45, 2.75) is 245 Å². The zero-order valence-electron chi connectivity index (χ0n) is 41.5. The molecule has 9 nitrogen and oxygen atoms in total. The van der Waals surface area contributed by atoms with Crippen molar-refractivity contribution < 1.29 is 25.8 Å². The molecule has 0 aromatic rings. The van der Waals surface area contributed by atoms with E-state index < -0.39 is 0 Å². The molecular formula is C51H110N5O4+. The summed E-state index contributed by atoms with van der Waals surface area (Å²) in [6, 6.07) is 0. The van der Waals surface area contributed by atoms with Gasteiger partial charge in [-0.25, -0.2) is 0 Å². The summed E-state index contributed by atoms with van der Waals surface area (Å²) in [6.07, 6.45) is 58.8. The molecule has 6 N–H and O–H groups in total. The number of aliphatic hydroxyl groups is 1. The van der Waals surface area contributed by atoms with Gasteiger partial charge in [-0.1, -0.05) is 237 Å². The second kappa shape index (κ2) is 69.2. The quantitative estimate of drug-likeness (QED) is 0.00786. The van der Waals surface area contributed by atoms with Crippen LogP contribution in [0.3, 0.4) is 0 Å². The third kappa shape index (κ3) is 71.0. The first-order chi connectivity index (χ1) is 29.5. The minimum atomic E-state index is -0.250. The summed E-state index contributed by atoms with van der Waals surface area (Å²) in [5, 5.41) is 27.9. The van der Waals surface area contributed by atoms with Gasteiger partial charge in [0.2, 0.25) is 0 Å². The van der Waals surface area contributed by atoms with Gasteiger partial charge in [-0.15, -0.1) is 12.8 Å². The Balaban J connectivity index is -0.000000823. The fraction of sp³-hybridized carbons (Fsp3) is 0.922. The Bertz CT molecular complexity index is 728. The number of aliphatic hydroxyl groups excluding tert-OH is 1. The molecule has 0 spiro atoms. The molecule has 0 heterocycles. The number of carboxylic acid groups (broad SMARTS) is 1. The molecule has 0 aliphatic heterocycles. The van der Waals surface area contributed by atoms with Crippen LogP contribution < -0.4 is 10.9 Å². The van der Waals surface area contributed by atoms with Crippen LogP contribution in [0.2, 0.25) is 0 Å². The van der Waals surface area contributed by atoms with Crippen LogP contribution in [-0.2, 0) is 4.79 Å². The number of unbranched alkanes of at least 4 members (excludes halogenated alkanes) is 27. The number of rotatable bonds is 44. The highest BCUT2D eigenvalue weighted by molar-refractivity contribution is 5.32. The molecule has 60 heavy (non-hydrogen) atoms. The van der Waals surface area contributed by atoms with Crippen LogP contribution in [-0.4, -0.2) is 92.5 Å². The first kappa shape index (κ1) is 67.5. The van der Waals surface area contributed by atoms with E-state index in [0.717, 1.165) is 26.2 Å². The van der Waals surface area contributed by atoms with E-state index in [9.17, 15) is 0 Å². The predicted molar refractivity (Wildman–Crippen MR) is 265 cm³/mol. The van der Waals surface area contributed by atoms with Crippen LogP contribution in [0.15, 0.2) is 5.10 Å². The van der Waals surface area contributed by atoms with Gasteiger partial charge in [0.15, 0.2) is 0 Å². The van der Waals surface area contributed by atoms with Gasteiger partial charge in [0.1, 0.15) is 0 Å². The van der Waals surface area contributed by atoms with E-state index in [1.165, 1.54) is 244 Å². The molecule has 0 bridgehead atoms. The minimum Gasteiger partial charge on any atom is -0.483 e. The highest BCUT2D eigenvalue weighted by atomic mass is 16.5. The molecule has 0 aliphatic carbocycles. The molecular weight excluding hydrogens is 747 g/mol. The van der Waals surface area contributed by atoms with Crippen molar-refractivity contribution in [3.8, 4) is 12.8 Å². The summed E-state index contributed by atoms with van der Waals surface area (Å²) in [4.78, 5) is 13.4. The topological polar surface area (TPSA) is 125 Å². The molecule has 362 valence electrons. The highest BCUT2D eigenvalue weighted by Crippen LogP contribution is 2.25. The smallest absolute Gasteiger partial charge is 0.290 e. The molecule has 0 aromatic carbocycles. The van der Waals surface area contributed by atoms with E-state index in [1.54, 1.807) is 0 Å². The van der Waals surface area contributed by atoms with Crippen molar-refractivity contribution in [2.75, 3.05) is 54.1 Å². The van der Waals surface area contributed by atoms with Gasteiger partial charge in [-0.05, 0) is 65.5 Å². The van der Waals surface area contributed by atoms with Crippen molar-refractivity contribution >= 4 is 13.2 Å². The molecule has 0 fully saturated rings. The number of nitrogens with one attached hydrogen (secondary N) is 1. The van der Waals surface area contributed by atoms with E-state index in [0.29, 0.717) is 5.59 Å². The van der Waals surface area contributed by atoms with Crippen molar-refractivity contribution in [2.24, 2.45) is 11.0 Å². The first-order valence-electron chi connectivity index (χ1n) is 25.3. The van der Waals surface area contributed by atoms with Gasteiger partial charge in [0.25, 0.3) is 6.47 Å². The molecule has 0 unspecified atom stereocenters. The van der Waals surface area contributed by atoms with Crippen LogP contribution in [0.4, 0.5) is 0 Å². The van der Waals surface area contributed by atoms with Gasteiger partial charge in [0.05, 0.1) is 0 Å². The number of nitrogens with two attached hydrogens (primary N) is 1. The second-order valence-electron chi connectivity index (χ2n) is 17.0. The van der Waals surface area contributed by atoms with Crippen molar-refractivity contribution in [3.05, 3.63) is 0 Å². The Hall–Kier alpha value is -1.54. The Labute approximate surface area is 376 Å².